The molecule has 0 amide bonds. The Kier molecular flexibility index (Phi) is 8.40. The lowest BCUT2D eigenvalue weighted by Gasteiger charge is -2.13. The Labute approximate surface area is 282 Å². The lowest BCUT2D eigenvalue weighted by atomic mass is 10.0. The van der Waals surface area contributed by atoms with Crippen LogP contribution in [0.2, 0.25) is 0 Å². The molecule has 0 aliphatic rings. The molecule has 0 aromatic heterocycles. The molecule has 6 aromatic carbocycles. The van der Waals surface area contributed by atoms with Gasteiger partial charge in [0.1, 0.15) is 32.5 Å². The standard InChI is InChI=1S/C32H24F2N8O6S2/c33-21-13-15(9-11-23(21)39-41-29-25(35)17-5-1-3-7-19(17)31(27(29)37)49(43,44)45)16-10-12-24(22(34)14-16)40-42-30-26(36)18-6-2-4-8-20(18)32(28(30)38)50(46,47)48/h1-14H,35-38H2,(H,43,44,45)(H,46,47,48)/b41-39+,42-40+. The van der Waals surface area contributed by atoms with Gasteiger partial charge in [0.25, 0.3) is 20.2 Å². The van der Waals surface area contributed by atoms with Crippen molar-refractivity contribution in [3.05, 3.63) is 96.6 Å². The van der Waals surface area contributed by atoms with Crippen molar-refractivity contribution in [3.63, 3.8) is 0 Å². The molecule has 0 atom stereocenters. The van der Waals surface area contributed by atoms with Crippen LogP contribution in [0, 0.1) is 11.6 Å². The zero-order chi connectivity index (χ0) is 36.1. The average Bonchev–Trinajstić information content (AvgIpc) is 3.04. The van der Waals surface area contributed by atoms with Crippen molar-refractivity contribution in [1.82, 2.24) is 0 Å². The van der Waals surface area contributed by atoms with Crippen LogP contribution in [0.15, 0.2) is 115 Å². The van der Waals surface area contributed by atoms with E-state index in [9.17, 15) is 25.9 Å². The number of nitrogen functional groups attached to an aromatic ring is 4. The zero-order valence-electron chi connectivity index (χ0n) is 25.3. The van der Waals surface area contributed by atoms with Gasteiger partial charge in [0.05, 0.1) is 22.7 Å². The summed E-state index contributed by atoms with van der Waals surface area (Å²) in [5, 5.41) is 16.0. The maximum absolute atomic E-state index is 15.2. The number of hydrogen-bond acceptors (Lipinski definition) is 12. The highest BCUT2D eigenvalue weighted by atomic mass is 32.2. The largest absolute Gasteiger partial charge is 0.396 e. The number of halogens is 2. The van der Waals surface area contributed by atoms with Gasteiger partial charge < -0.3 is 22.9 Å². The van der Waals surface area contributed by atoms with Gasteiger partial charge in [0.15, 0.2) is 11.6 Å². The fourth-order valence-electron chi connectivity index (χ4n) is 5.40. The number of nitrogens with zero attached hydrogens (tertiary/aromatic N) is 4. The summed E-state index contributed by atoms with van der Waals surface area (Å²) >= 11 is 0. The second kappa shape index (κ2) is 12.4. The number of azo groups is 2. The Morgan fingerprint density at radius 2 is 0.820 bits per heavy atom. The lowest BCUT2D eigenvalue weighted by Crippen LogP contribution is -2.06. The third kappa shape index (κ3) is 6.03. The molecular weight excluding hydrogens is 695 g/mol. The Hall–Kier alpha value is -6.08. The Morgan fingerprint density at radius 3 is 1.14 bits per heavy atom. The fourth-order valence-corrected chi connectivity index (χ4v) is 7.06. The van der Waals surface area contributed by atoms with E-state index in [0.717, 1.165) is 12.1 Å². The van der Waals surface area contributed by atoms with Crippen LogP contribution < -0.4 is 22.9 Å². The molecule has 6 rings (SSSR count). The first-order valence-electron chi connectivity index (χ1n) is 14.1. The van der Waals surface area contributed by atoms with Crippen LogP contribution in [-0.2, 0) is 20.2 Å². The lowest BCUT2D eigenvalue weighted by molar-refractivity contribution is 0.482. The van der Waals surface area contributed by atoms with E-state index in [1.807, 2.05) is 0 Å². The van der Waals surface area contributed by atoms with Crippen LogP contribution in [0.3, 0.4) is 0 Å². The van der Waals surface area contributed by atoms with Gasteiger partial charge >= 0.3 is 0 Å². The molecule has 0 saturated heterocycles. The first-order valence-corrected chi connectivity index (χ1v) is 17.0. The van der Waals surface area contributed by atoms with Crippen molar-refractivity contribution in [2.45, 2.75) is 9.79 Å². The third-order valence-electron chi connectivity index (χ3n) is 7.69. The van der Waals surface area contributed by atoms with E-state index in [2.05, 4.69) is 20.5 Å². The monoisotopic (exact) mass is 718 g/mol. The first-order chi connectivity index (χ1) is 23.6. The fraction of sp³-hybridized carbons (Fsp3) is 0. The SMILES string of the molecule is Nc1c(/N=N/c2ccc(-c3ccc(/N=N/c4c(N)c(S(=O)(=O)O)c5ccccc5c4N)c(F)c3)cc2F)c(N)c2ccccc2c1S(=O)(=O)O. The summed E-state index contributed by atoms with van der Waals surface area (Å²) in [6.45, 7) is 0. The molecule has 10 N–H and O–H groups in total. The van der Waals surface area contributed by atoms with Crippen molar-refractivity contribution in [1.29, 1.82) is 0 Å². The molecule has 14 nitrogen and oxygen atoms in total. The van der Waals surface area contributed by atoms with E-state index in [1.165, 1.54) is 60.7 Å². The average molecular weight is 719 g/mol. The van der Waals surface area contributed by atoms with Crippen LogP contribution in [0.4, 0.5) is 54.3 Å². The highest BCUT2D eigenvalue weighted by Crippen LogP contribution is 2.45. The van der Waals surface area contributed by atoms with Gasteiger partial charge in [-0.3, -0.25) is 9.11 Å². The molecule has 0 unspecified atom stereocenters. The van der Waals surface area contributed by atoms with E-state index < -0.39 is 53.0 Å². The molecule has 0 radical (unpaired) electrons. The van der Waals surface area contributed by atoms with Crippen LogP contribution in [0.1, 0.15) is 0 Å². The van der Waals surface area contributed by atoms with Gasteiger partial charge in [0, 0.05) is 21.5 Å². The van der Waals surface area contributed by atoms with Crippen molar-refractivity contribution in [2.24, 2.45) is 20.5 Å². The van der Waals surface area contributed by atoms with E-state index in [0.29, 0.717) is 0 Å². The Morgan fingerprint density at radius 1 is 0.480 bits per heavy atom. The third-order valence-corrected chi connectivity index (χ3v) is 9.60. The number of hydrogen-bond donors (Lipinski definition) is 6. The predicted molar refractivity (Wildman–Crippen MR) is 185 cm³/mol. The minimum Gasteiger partial charge on any atom is -0.396 e. The Balaban J connectivity index is 1.31. The summed E-state index contributed by atoms with van der Waals surface area (Å²) in [7, 11) is -9.62. The van der Waals surface area contributed by atoms with E-state index in [4.69, 9.17) is 22.9 Å². The van der Waals surface area contributed by atoms with Crippen molar-refractivity contribution in [2.75, 3.05) is 22.9 Å². The number of anilines is 4. The van der Waals surface area contributed by atoms with Crippen LogP contribution in [0.5, 0.6) is 0 Å². The number of fused-ring (bicyclic) bond motifs is 2. The van der Waals surface area contributed by atoms with Gasteiger partial charge in [-0.25, -0.2) is 8.78 Å². The topological polar surface area (TPSA) is 262 Å². The molecule has 0 saturated carbocycles. The maximum Gasteiger partial charge on any atom is 0.297 e. The van der Waals surface area contributed by atoms with Gasteiger partial charge in [-0.1, -0.05) is 60.7 Å². The second-order valence-corrected chi connectivity index (χ2v) is 13.5. The molecule has 0 fully saturated rings. The van der Waals surface area contributed by atoms with E-state index >= 15 is 8.78 Å². The van der Waals surface area contributed by atoms with Crippen molar-refractivity contribution in [3.8, 4) is 11.1 Å². The maximum atomic E-state index is 15.2. The molecule has 0 bridgehead atoms. The van der Waals surface area contributed by atoms with Crippen LogP contribution in [0.25, 0.3) is 32.7 Å². The van der Waals surface area contributed by atoms with Crippen molar-refractivity contribution < 1.29 is 34.7 Å². The first kappa shape index (κ1) is 33.8. The van der Waals surface area contributed by atoms with Crippen molar-refractivity contribution >= 4 is 87.3 Å². The highest BCUT2D eigenvalue weighted by Gasteiger charge is 2.25. The number of rotatable bonds is 7. The van der Waals surface area contributed by atoms with Crippen LogP contribution >= 0.6 is 0 Å². The van der Waals surface area contributed by atoms with E-state index in [1.54, 1.807) is 12.1 Å². The smallest absolute Gasteiger partial charge is 0.297 e. The molecule has 6 aromatic rings. The van der Waals surface area contributed by atoms with Gasteiger partial charge in [0.2, 0.25) is 0 Å². The second-order valence-electron chi connectivity index (χ2n) is 10.8. The number of benzene rings is 6. The normalized spacial score (nSPS) is 12.5. The molecule has 0 heterocycles. The minimum atomic E-state index is -4.81. The van der Waals surface area contributed by atoms with Gasteiger partial charge in [-0.2, -0.15) is 16.8 Å². The molecule has 0 aliphatic carbocycles. The van der Waals surface area contributed by atoms with Gasteiger partial charge in [-0.05, 0) is 35.4 Å². The molecule has 254 valence electrons. The quantitative estimate of drug-likeness (QED) is 0.0535. The molecule has 0 aliphatic heterocycles. The van der Waals surface area contributed by atoms with Gasteiger partial charge in [-0.15, -0.1) is 20.5 Å². The summed E-state index contributed by atoms with van der Waals surface area (Å²) in [4.78, 5) is -1.24. The molecular formula is C32H24F2N8O6S2. The summed E-state index contributed by atoms with van der Waals surface area (Å²) in [6, 6.07) is 19.4. The summed E-state index contributed by atoms with van der Waals surface area (Å²) in [5.74, 6) is -1.78. The molecule has 50 heavy (non-hydrogen) atoms. The molecule has 0 spiro atoms. The van der Waals surface area contributed by atoms with Crippen LogP contribution in [-0.4, -0.2) is 25.9 Å². The predicted octanol–water partition coefficient (Wildman–Crippen LogP) is 7.59. The summed E-state index contributed by atoms with van der Waals surface area (Å²) < 4.78 is 98.5. The Bertz CT molecular complexity index is 2500. The zero-order valence-corrected chi connectivity index (χ0v) is 26.9. The van der Waals surface area contributed by atoms with E-state index in [-0.39, 0.29) is 66.8 Å². The minimum absolute atomic E-state index is 0.0520. The summed E-state index contributed by atoms with van der Waals surface area (Å²) in [5.41, 5.74) is 22.6. The molecule has 18 heteroatoms. The number of nitrogens with two attached hydrogens (primary N) is 4. The highest BCUT2D eigenvalue weighted by molar-refractivity contribution is 7.86. The summed E-state index contributed by atoms with van der Waals surface area (Å²) in [6.07, 6.45) is 0.